The number of unbranched alkanes of at least 4 members (excludes halogenated alkanes) is 3. The third-order valence-corrected chi connectivity index (χ3v) is 3.34. The Bertz CT molecular complexity index is 481. The molecule has 108 valence electrons. The van der Waals surface area contributed by atoms with Crippen LogP contribution in [0.1, 0.15) is 43.0 Å². The number of hydrogen-bond donors (Lipinski definition) is 1. The van der Waals surface area contributed by atoms with Crippen molar-refractivity contribution in [1.82, 2.24) is 10.1 Å². The fourth-order valence-corrected chi connectivity index (χ4v) is 2.17. The van der Waals surface area contributed by atoms with Gasteiger partial charge in [0, 0.05) is 12.8 Å². The van der Waals surface area contributed by atoms with E-state index in [2.05, 4.69) is 34.4 Å². The second-order valence-corrected chi connectivity index (χ2v) is 5.04. The Balaban J connectivity index is 1.69. The van der Waals surface area contributed by atoms with Crippen LogP contribution < -0.4 is 5.73 Å². The number of nitrogens with zero attached hydrogens (tertiary/aromatic N) is 2. The molecular formula is C16H23N3O. The van der Waals surface area contributed by atoms with E-state index in [1.807, 2.05) is 6.07 Å². The molecule has 2 N–H and O–H groups in total. The lowest BCUT2D eigenvalue weighted by Crippen LogP contribution is -1.98. The minimum atomic E-state index is 0.765. The van der Waals surface area contributed by atoms with Gasteiger partial charge in [0.05, 0.1) is 0 Å². The molecule has 0 saturated carbocycles. The number of hydrogen-bond acceptors (Lipinski definition) is 4. The van der Waals surface area contributed by atoms with Crippen LogP contribution >= 0.6 is 0 Å². The highest BCUT2D eigenvalue weighted by molar-refractivity contribution is 5.15. The van der Waals surface area contributed by atoms with Crippen LogP contribution in [-0.2, 0) is 19.3 Å². The number of benzene rings is 1. The van der Waals surface area contributed by atoms with E-state index < -0.39 is 0 Å². The monoisotopic (exact) mass is 273 g/mol. The molecule has 4 heteroatoms. The number of aryl methyl sites for hydroxylation is 3. The van der Waals surface area contributed by atoms with Crippen molar-refractivity contribution in [3.8, 4) is 0 Å². The van der Waals surface area contributed by atoms with E-state index in [-0.39, 0.29) is 0 Å². The summed E-state index contributed by atoms with van der Waals surface area (Å²) in [7, 11) is 0. The largest absolute Gasteiger partial charge is 0.339 e. The van der Waals surface area contributed by atoms with Crippen LogP contribution in [0, 0.1) is 0 Å². The second kappa shape index (κ2) is 8.48. The van der Waals surface area contributed by atoms with Gasteiger partial charge in [-0.2, -0.15) is 4.98 Å². The smallest absolute Gasteiger partial charge is 0.226 e. The molecule has 1 aromatic heterocycles. The quantitative estimate of drug-likeness (QED) is 0.713. The summed E-state index contributed by atoms with van der Waals surface area (Å²) < 4.78 is 5.27. The molecule has 0 aliphatic carbocycles. The van der Waals surface area contributed by atoms with E-state index in [1.54, 1.807) is 0 Å². The summed E-state index contributed by atoms with van der Waals surface area (Å²) in [5.74, 6) is 1.58. The molecule has 2 aromatic rings. The van der Waals surface area contributed by atoms with Crippen LogP contribution in [0.15, 0.2) is 34.9 Å². The van der Waals surface area contributed by atoms with Gasteiger partial charge in [-0.3, -0.25) is 0 Å². The van der Waals surface area contributed by atoms with Crippen LogP contribution in [0.4, 0.5) is 0 Å². The van der Waals surface area contributed by atoms with Crippen LogP contribution in [0.25, 0.3) is 0 Å². The van der Waals surface area contributed by atoms with Crippen LogP contribution in [0.2, 0.25) is 0 Å². The van der Waals surface area contributed by atoms with Crippen molar-refractivity contribution < 1.29 is 4.52 Å². The first-order valence-electron chi connectivity index (χ1n) is 7.44. The maximum Gasteiger partial charge on any atom is 0.226 e. The van der Waals surface area contributed by atoms with E-state index in [0.717, 1.165) is 50.4 Å². The summed E-state index contributed by atoms with van der Waals surface area (Å²) in [6.45, 7) is 0.782. The lowest BCUT2D eigenvalue weighted by atomic mass is 10.1. The minimum Gasteiger partial charge on any atom is -0.339 e. The Morgan fingerprint density at radius 1 is 0.900 bits per heavy atom. The molecule has 1 heterocycles. The van der Waals surface area contributed by atoms with Crippen molar-refractivity contribution in [2.24, 2.45) is 5.73 Å². The van der Waals surface area contributed by atoms with Gasteiger partial charge >= 0.3 is 0 Å². The van der Waals surface area contributed by atoms with E-state index in [9.17, 15) is 0 Å². The molecule has 2 rings (SSSR count). The molecule has 0 amide bonds. The molecule has 4 nitrogen and oxygen atoms in total. The predicted molar refractivity (Wildman–Crippen MR) is 79.4 cm³/mol. The normalized spacial score (nSPS) is 10.8. The van der Waals surface area contributed by atoms with Crippen molar-refractivity contribution in [2.75, 3.05) is 6.54 Å². The molecule has 0 saturated heterocycles. The van der Waals surface area contributed by atoms with Crippen LogP contribution in [-0.4, -0.2) is 16.7 Å². The van der Waals surface area contributed by atoms with Gasteiger partial charge in [-0.05, 0) is 31.4 Å². The maximum absolute atomic E-state index is 5.47. The maximum atomic E-state index is 5.47. The third kappa shape index (κ3) is 5.13. The fraction of sp³-hybridized carbons (Fsp3) is 0.500. The second-order valence-electron chi connectivity index (χ2n) is 5.04. The third-order valence-electron chi connectivity index (χ3n) is 3.34. The molecule has 20 heavy (non-hydrogen) atoms. The van der Waals surface area contributed by atoms with Gasteiger partial charge in [-0.25, -0.2) is 0 Å². The van der Waals surface area contributed by atoms with E-state index in [0.29, 0.717) is 0 Å². The minimum absolute atomic E-state index is 0.765. The molecule has 0 bridgehead atoms. The molecule has 0 atom stereocenters. The summed E-state index contributed by atoms with van der Waals surface area (Å²) in [5.41, 5.74) is 6.77. The average molecular weight is 273 g/mol. The van der Waals surface area contributed by atoms with E-state index in [4.69, 9.17) is 10.3 Å². The SMILES string of the molecule is NCCCCCCc1nc(CCc2ccccc2)no1. The summed E-state index contributed by atoms with van der Waals surface area (Å²) in [5, 5.41) is 4.04. The van der Waals surface area contributed by atoms with Gasteiger partial charge in [0.15, 0.2) is 5.82 Å². The van der Waals surface area contributed by atoms with Gasteiger partial charge < -0.3 is 10.3 Å². The molecule has 0 spiro atoms. The van der Waals surface area contributed by atoms with Crippen molar-refractivity contribution >= 4 is 0 Å². The van der Waals surface area contributed by atoms with Crippen LogP contribution in [0.3, 0.4) is 0 Å². The van der Waals surface area contributed by atoms with E-state index >= 15 is 0 Å². The number of nitrogens with two attached hydrogens (primary N) is 1. The van der Waals surface area contributed by atoms with Gasteiger partial charge in [-0.15, -0.1) is 0 Å². The van der Waals surface area contributed by atoms with Gasteiger partial charge in [0.25, 0.3) is 0 Å². The molecule has 0 fully saturated rings. The zero-order chi connectivity index (χ0) is 14.0. The predicted octanol–water partition coefficient (Wildman–Crippen LogP) is 2.92. The highest BCUT2D eigenvalue weighted by Crippen LogP contribution is 2.08. The van der Waals surface area contributed by atoms with Gasteiger partial charge in [0.1, 0.15) is 0 Å². The Morgan fingerprint density at radius 2 is 1.70 bits per heavy atom. The van der Waals surface area contributed by atoms with Crippen molar-refractivity contribution in [2.45, 2.75) is 44.9 Å². The Kier molecular flexibility index (Phi) is 6.24. The molecule has 0 aliphatic rings. The average Bonchev–Trinajstić information content (AvgIpc) is 2.94. The standard InChI is InChI=1S/C16H23N3O/c17-13-7-2-1-6-10-16-18-15(19-20-16)12-11-14-8-4-3-5-9-14/h3-5,8-9H,1-2,6-7,10-13,17H2. The summed E-state index contributed by atoms with van der Waals surface area (Å²) in [4.78, 5) is 4.44. The first kappa shape index (κ1) is 14.7. The lowest BCUT2D eigenvalue weighted by Gasteiger charge is -1.97. The molecule has 1 aromatic carbocycles. The zero-order valence-corrected chi connectivity index (χ0v) is 11.9. The van der Waals surface area contributed by atoms with Crippen molar-refractivity contribution in [1.29, 1.82) is 0 Å². The molecular weight excluding hydrogens is 250 g/mol. The summed E-state index contributed by atoms with van der Waals surface area (Å²) in [6.07, 6.45) is 7.23. The Morgan fingerprint density at radius 3 is 2.50 bits per heavy atom. The van der Waals surface area contributed by atoms with Crippen molar-refractivity contribution in [3.05, 3.63) is 47.6 Å². The van der Waals surface area contributed by atoms with Gasteiger partial charge in [0.2, 0.25) is 5.89 Å². The van der Waals surface area contributed by atoms with Gasteiger partial charge in [-0.1, -0.05) is 48.3 Å². The highest BCUT2D eigenvalue weighted by atomic mass is 16.5. The summed E-state index contributed by atoms with van der Waals surface area (Å²) >= 11 is 0. The zero-order valence-electron chi connectivity index (χ0n) is 11.9. The van der Waals surface area contributed by atoms with Crippen LogP contribution in [0.5, 0.6) is 0 Å². The molecule has 0 unspecified atom stereocenters. The number of aromatic nitrogens is 2. The topological polar surface area (TPSA) is 64.9 Å². The highest BCUT2D eigenvalue weighted by Gasteiger charge is 2.06. The molecule has 0 radical (unpaired) electrons. The van der Waals surface area contributed by atoms with Crippen molar-refractivity contribution in [3.63, 3.8) is 0 Å². The lowest BCUT2D eigenvalue weighted by molar-refractivity contribution is 0.368. The fourth-order valence-electron chi connectivity index (χ4n) is 2.17. The first-order chi connectivity index (χ1) is 9.88. The Hall–Kier alpha value is -1.68. The van der Waals surface area contributed by atoms with E-state index in [1.165, 1.54) is 18.4 Å². The summed E-state index contributed by atoms with van der Waals surface area (Å²) in [6, 6.07) is 10.4. The number of rotatable bonds is 9. The first-order valence-corrected chi connectivity index (χ1v) is 7.44. The molecule has 0 aliphatic heterocycles. The Labute approximate surface area is 120 Å².